The molecule has 0 saturated heterocycles. The molecule has 3 aromatic rings. The molecule has 8 nitrogen and oxygen atoms in total. The predicted molar refractivity (Wildman–Crippen MR) is 113 cm³/mol. The van der Waals surface area contributed by atoms with Crippen molar-refractivity contribution >= 4 is 17.7 Å². The molecule has 2 aromatic carbocycles. The van der Waals surface area contributed by atoms with E-state index in [1.807, 2.05) is 24.3 Å². The molecule has 0 radical (unpaired) electrons. The zero-order valence-electron chi connectivity index (χ0n) is 16.7. The Balaban J connectivity index is 1.95. The number of nitrogens with one attached hydrogen (secondary N) is 1. The maximum absolute atomic E-state index is 12.9. The minimum absolute atomic E-state index is 0.0565. The molecule has 0 spiro atoms. The number of phenolic OH excluding ortho intramolecular Hbond substituents is 1. The van der Waals surface area contributed by atoms with Gasteiger partial charge in [-0.1, -0.05) is 24.3 Å². The van der Waals surface area contributed by atoms with E-state index in [4.69, 9.17) is 4.74 Å². The van der Waals surface area contributed by atoms with Gasteiger partial charge in [0, 0.05) is 7.05 Å². The highest BCUT2D eigenvalue weighted by molar-refractivity contribution is 6.09. The summed E-state index contributed by atoms with van der Waals surface area (Å²) in [5.41, 5.74) is 1.18. The maximum atomic E-state index is 12.9. The molecule has 0 saturated carbocycles. The molecule has 0 aliphatic heterocycles. The van der Waals surface area contributed by atoms with E-state index in [9.17, 15) is 20.0 Å². The van der Waals surface area contributed by atoms with E-state index in [0.29, 0.717) is 16.9 Å². The number of aromatic hydroxyl groups is 1. The van der Waals surface area contributed by atoms with Crippen LogP contribution in [0.5, 0.6) is 11.5 Å². The Morgan fingerprint density at radius 2 is 1.93 bits per heavy atom. The van der Waals surface area contributed by atoms with E-state index >= 15 is 0 Å². The van der Waals surface area contributed by atoms with E-state index in [2.05, 4.69) is 5.32 Å². The van der Waals surface area contributed by atoms with Crippen LogP contribution in [-0.2, 0) is 11.8 Å². The van der Waals surface area contributed by atoms with Crippen LogP contribution >= 0.6 is 0 Å². The minimum Gasteiger partial charge on any atom is -0.504 e. The topological polar surface area (TPSA) is 109 Å². The van der Waals surface area contributed by atoms with Crippen molar-refractivity contribution in [3.05, 3.63) is 75.7 Å². The van der Waals surface area contributed by atoms with Crippen molar-refractivity contribution in [3.8, 4) is 23.3 Å². The first-order chi connectivity index (χ1) is 14.4. The van der Waals surface area contributed by atoms with Crippen LogP contribution in [0, 0.1) is 18.3 Å². The summed E-state index contributed by atoms with van der Waals surface area (Å²) in [7, 11) is 3.11. The van der Waals surface area contributed by atoms with Crippen LogP contribution in [0.2, 0.25) is 0 Å². The number of nitrogens with zero attached hydrogens (tertiary/aromatic N) is 3. The molecular formula is C22H20N4O4. The minimum atomic E-state index is -0.712. The Kier molecular flexibility index (Phi) is 5.74. The highest BCUT2D eigenvalue weighted by Gasteiger charge is 2.20. The van der Waals surface area contributed by atoms with Gasteiger partial charge in [0.25, 0.3) is 11.5 Å². The number of amides is 1. The van der Waals surface area contributed by atoms with Crippen LogP contribution in [0.3, 0.4) is 0 Å². The van der Waals surface area contributed by atoms with E-state index in [1.54, 1.807) is 36.9 Å². The number of carbonyl (C=O) groups is 1. The quantitative estimate of drug-likeness (QED) is 0.502. The molecule has 0 aliphatic carbocycles. The molecule has 0 fully saturated rings. The first kappa shape index (κ1) is 20.5. The Labute approximate surface area is 172 Å². The second kappa shape index (κ2) is 8.41. The van der Waals surface area contributed by atoms with Crippen molar-refractivity contribution in [2.24, 2.45) is 7.05 Å². The first-order valence-corrected chi connectivity index (χ1v) is 9.01. The number of methoxy groups -OCH3 is 1. The number of anilines is 1. The molecule has 3 rings (SSSR count). The summed E-state index contributed by atoms with van der Waals surface area (Å²) in [6.07, 6.45) is 1.35. The number of hydrogen-bond acceptors (Lipinski definition) is 5. The van der Waals surface area contributed by atoms with Gasteiger partial charge in [0.1, 0.15) is 17.3 Å². The second-order valence-corrected chi connectivity index (χ2v) is 6.49. The lowest BCUT2D eigenvalue weighted by Gasteiger charge is -2.07. The summed E-state index contributed by atoms with van der Waals surface area (Å²) in [6.45, 7) is 1.71. The number of ether oxygens (including phenoxy) is 1. The molecule has 0 bridgehead atoms. The van der Waals surface area contributed by atoms with Gasteiger partial charge in [-0.2, -0.15) is 5.26 Å². The maximum Gasteiger partial charge on any atom is 0.295 e. The van der Waals surface area contributed by atoms with E-state index < -0.39 is 11.5 Å². The summed E-state index contributed by atoms with van der Waals surface area (Å²) in [5.74, 6) is -0.555. The van der Waals surface area contributed by atoms with Gasteiger partial charge in [-0.05, 0) is 42.8 Å². The molecule has 1 heterocycles. The Morgan fingerprint density at radius 3 is 2.57 bits per heavy atom. The van der Waals surface area contributed by atoms with Gasteiger partial charge >= 0.3 is 0 Å². The molecule has 1 amide bonds. The Hall–Kier alpha value is -4.25. The first-order valence-electron chi connectivity index (χ1n) is 9.01. The predicted octanol–water partition coefficient (Wildman–Crippen LogP) is 2.74. The van der Waals surface area contributed by atoms with E-state index in [1.165, 1.54) is 30.0 Å². The standard InChI is InChI=1S/C22H20N4O4/c1-14-20(22(29)26(25(14)2)17-7-5-4-6-8-17)24-21(28)16(13-23)11-15-9-10-18(27)19(12-15)30-3/h4-12,27H,1-3H3,(H,24,28). The highest BCUT2D eigenvalue weighted by atomic mass is 16.5. The van der Waals surface area contributed by atoms with Crippen molar-refractivity contribution < 1.29 is 14.6 Å². The summed E-state index contributed by atoms with van der Waals surface area (Å²) in [5, 5.41) is 21.7. The van der Waals surface area contributed by atoms with Crippen LogP contribution in [-0.4, -0.2) is 27.5 Å². The monoisotopic (exact) mass is 404 g/mol. The number of benzene rings is 2. The Morgan fingerprint density at radius 1 is 1.23 bits per heavy atom. The molecule has 2 N–H and O–H groups in total. The molecule has 8 heteroatoms. The fraction of sp³-hybridized carbons (Fsp3) is 0.136. The van der Waals surface area contributed by atoms with Crippen LogP contribution in [0.4, 0.5) is 5.69 Å². The molecule has 0 aliphatic rings. The van der Waals surface area contributed by atoms with E-state index in [0.717, 1.165) is 0 Å². The Bertz CT molecular complexity index is 1230. The lowest BCUT2D eigenvalue weighted by Crippen LogP contribution is -2.23. The number of hydrogen-bond donors (Lipinski definition) is 2. The van der Waals surface area contributed by atoms with Gasteiger partial charge in [0.2, 0.25) is 0 Å². The zero-order valence-corrected chi connectivity index (χ0v) is 16.7. The lowest BCUT2D eigenvalue weighted by molar-refractivity contribution is -0.112. The fourth-order valence-electron chi connectivity index (χ4n) is 2.99. The van der Waals surface area contributed by atoms with Crippen molar-refractivity contribution in [2.45, 2.75) is 6.92 Å². The van der Waals surface area contributed by atoms with E-state index in [-0.39, 0.29) is 22.8 Å². The molecule has 152 valence electrons. The SMILES string of the molecule is COc1cc(C=C(C#N)C(=O)Nc2c(C)n(C)n(-c3ccccc3)c2=O)ccc1O. The lowest BCUT2D eigenvalue weighted by atomic mass is 10.1. The normalized spacial score (nSPS) is 11.1. The third-order valence-corrected chi connectivity index (χ3v) is 4.67. The van der Waals surface area contributed by atoms with Gasteiger partial charge in [-0.25, -0.2) is 4.68 Å². The number of phenols is 1. The van der Waals surface area contributed by atoms with Gasteiger partial charge in [0.15, 0.2) is 11.5 Å². The number of para-hydroxylation sites is 1. The molecular weight excluding hydrogens is 384 g/mol. The average molecular weight is 404 g/mol. The highest BCUT2D eigenvalue weighted by Crippen LogP contribution is 2.27. The number of nitriles is 1. The van der Waals surface area contributed by atoms with Crippen molar-refractivity contribution in [3.63, 3.8) is 0 Å². The summed E-state index contributed by atoms with van der Waals surface area (Å²) in [6, 6.07) is 15.3. The number of aromatic nitrogens is 2. The average Bonchev–Trinajstić information content (AvgIpc) is 2.96. The molecule has 0 unspecified atom stereocenters. The molecule has 0 atom stereocenters. The van der Waals surface area contributed by atoms with Crippen LogP contribution in [0.25, 0.3) is 11.8 Å². The third kappa shape index (κ3) is 3.82. The smallest absolute Gasteiger partial charge is 0.295 e. The van der Waals surface area contributed by atoms with Crippen LogP contribution in [0.1, 0.15) is 11.3 Å². The van der Waals surface area contributed by atoms with Gasteiger partial charge in [0.05, 0.1) is 18.5 Å². The van der Waals surface area contributed by atoms with Crippen molar-refractivity contribution in [1.29, 1.82) is 5.26 Å². The van der Waals surface area contributed by atoms with Crippen LogP contribution < -0.4 is 15.6 Å². The largest absolute Gasteiger partial charge is 0.504 e. The van der Waals surface area contributed by atoms with Gasteiger partial charge in [-0.3, -0.25) is 14.3 Å². The molecule has 30 heavy (non-hydrogen) atoms. The van der Waals surface area contributed by atoms with Crippen molar-refractivity contribution in [2.75, 3.05) is 12.4 Å². The summed E-state index contributed by atoms with van der Waals surface area (Å²) in [4.78, 5) is 25.6. The summed E-state index contributed by atoms with van der Waals surface area (Å²) < 4.78 is 8.11. The molecule has 1 aromatic heterocycles. The number of rotatable bonds is 5. The van der Waals surface area contributed by atoms with Crippen molar-refractivity contribution in [1.82, 2.24) is 9.36 Å². The third-order valence-electron chi connectivity index (χ3n) is 4.67. The summed E-state index contributed by atoms with van der Waals surface area (Å²) >= 11 is 0. The second-order valence-electron chi connectivity index (χ2n) is 6.49. The van der Waals surface area contributed by atoms with Gasteiger partial charge < -0.3 is 15.2 Å². The fourth-order valence-corrected chi connectivity index (χ4v) is 2.99. The number of carbonyl (C=O) groups excluding carboxylic acids is 1. The zero-order chi connectivity index (χ0) is 21.8. The van der Waals surface area contributed by atoms with Crippen LogP contribution in [0.15, 0.2) is 58.9 Å². The van der Waals surface area contributed by atoms with Gasteiger partial charge in [-0.15, -0.1) is 0 Å².